The van der Waals surface area contributed by atoms with Crippen molar-refractivity contribution >= 4 is 11.9 Å². The first-order valence-electron chi connectivity index (χ1n) is 14.2. The van der Waals surface area contributed by atoms with E-state index < -0.39 is 5.54 Å². The number of imidazole rings is 1. The minimum atomic E-state index is -0.673. The predicted octanol–water partition coefficient (Wildman–Crippen LogP) is 7.13. The molecule has 43 heavy (non-hydrogen) atoms. The molecule has 1 aliphatic heterocycles. The number of hydrogen-bond acceptors (Lipinski definition) is 4. The number of allylic oxidation sites excluding steroid dienone is 1. The van der Waals surface area contributed by atoms with E-state index in [1.807, 2.05) is 54.9 Å². The largest absolute Gasteiger partial charge is 0.318 e. The summed E-state index contributed by atoms with van der Waals surface area (Å²) in [5.74, 6) is -0.156. The molecule has 6 aromatic rings. The molecule has 6 heteroatoms. The molecule has 0 fully saturated rings. The van der Waals surface area contributed by atoms with Gasteiger partial charge in [-0.3, -0.25) is 9.48 Å². The molecule has 0 amide bonds. The van der Waals surface area contributed by atoms with Crippen molar-refractivity contribution in [2.75, 3.05) is 0 Å². The zero-order chi connectivity index (χ0) is 29.2. The molecule has 0 radical (unpaired) electrons. The van der Waals surface area contributed by atoms with Crippen LogP contribution >= 0.6 is 0 Å². The highest BCUT2D eigenvalue weighted by Gasteiger charge is 2.38. The standard InChI is InChI=1S/C37H27N5O/c38-23-29-24-40-42-21-20-28(36(43)35(29)42)22-27-12-10-11-19-33(27)34-25-41(26-39-34)37(30-13-4-1-5-14-30,31-15-6-2-7-16-31)32-17-8-3-9-18-32/h1-19,22,24-26H,20-21H2/b28-22+. The number of Topliss-reactive ketones (excluding diaryl/α,β-unsaturated/α-hetero) is 1. The summed E-state index contributed by atoms with van der Waals surface area (Å²) < 4.78 is 3.82. The minimum Gasteiger partial charge on any atom is -0.318 e. The van der Waals surface area contributed by atoms with Gasteiger partial charge < -0.3 is 4.57 Å². The van der Waals surface area contributed by atoms with Gasteiger partial charge in [-0.25, -0.2) is 4.98 Å². The Bertz CT molecular complexity index is 1900. The Morgan fingerprint density at radius 3 is 1.98 bits per heavy atom. The number of aromatic nitrogens is 4. The van der Waals surface area contributed by atoms with Gasteiger partial charge in [-0.1, -0.05) is 115 Å². The third-order valence-corrected chi connectivity index (χ3v) is 8.17. The predicted molar refractivity (Wildman–Crippen MR) is 166 cm³/mol. The van der Waals surface area contributed by atoms with E-state index in [4.69, 9.17) is 4.98 Å². The molecule has 0 spiro atoms. The first-order valence-corrected chi connectivity index (χ1v) is 14.2. The summed E-state index contributed by atoms with van der Waals surface area (Å²) in [6, 6.07) is 41.6. The SMILES string of the molecule is N#Cc1cnn2c1C(=O)/C(=C/c1ccccc1-c1cn(C(c3ccccc3)(c3ccccc3)c3ccccc3)cn1)CC2. The van der Waals surface area contributed by atoms with Gasteiger partial charge in [-0.15, -0.1) is 0 Å². The molecule has 0 saturated carbocycles. The first kappa shape index (κ1) is 26.1. The quantitative estimate of drug-likeness (QED) is 0.161. The van der Waals surface area contributed by atoms with E-state index in [0.717, 1.165) is 33.5 Å². The van der Waals surface area contributed by atoms with Crippen LogP contribution in [0.3, 0.4) is 0 Å². The minimum absolute atomic E-state index is 0.156. The lowest BCUT2D eigenvalue weighted by Gasteiger charge is -2.37. The molecule has 2 aromatic heterocycles. The number of ketones is 1. The summed E-state index contributed by atoms with van der Waals surface area (Å²) >= 11 is 0. The highest BCUT2D eigenvalue weighted by atomic mass is 16.1. The lowest BCUT2D eigenvalue weighted by Crippen LogP contribution is -2.36. The van der Waals surface area contributed by atoms with Crippen LogP contribution in [0.25, 0.3) is 17.3 Å². The molecule has 0 unspecified atom stereocenters. The Labute approximate surface area is 249 Å². The maximum absolute atomic E-state index is 13.4. The van der Waals surface area contributed by atoms with E-state index in [1.165, 1.54) is 6.20 Å². The second kappa shape index (κ2) is 10.9. The third kappa shape index (κ3) is 4.39. The van der Waals surface area contributed by atoms with Crippen LogP contribution < -0.4 is 0 Å². The Hall–Kier alpha value is -5.80. The highest BCUT2D eigenvalue weighted by Crippen LogP contribution is 2.41. The van der Waals surface area contributed by atoms with Gasteiger partial charge in [0, 0.05) is 23.9 Å². The zero-order valence-corrected chi connectivity index (χ0v) is 23.3. The molecule has 3 heterocycles. The number of aryl methyl sites for hydroxylation is 1. The summed E-state index contributed by atoms with van der Waals surface area (Å²) in [6.45, 7) is 0.555. The molecule has 4 aromatic carbocycles. The third-order valence-electron chi connectivity index (χ3n) is 8.17. The fraction of sp³-hybridized carbons (Fsp3) is 0.0811. The monoisotopic (exact) mass is 557 g/mol. The van der Waals surface area contributed by atoms with E-state index in [1.54, 1.807) is 4.68 Å². The maximum atomic E-state index is 13.4. The van der Waals surface area contributed by atoms with E-state index in [9.17, 15) is 10.1 Å². The molecular weight excluding hydrogens is 530 g/mol. The number of rotatable bonds is 6. The Balaban J connectivity index is 1.38. The van der Waals surface area contributed by atoms with Crippen LogP contribution in [0.15, 0.2) is 140 Å². The number of fused-ring (bicyclic) bond motifs is 1. The summed E-state index contributed by atoms with van der Waals surface area (Å²) in [5.41, 5.74) is 6.61. The summed E-state index contributed by atoms with van der Waals surface area (Å²) in [6.07, 6.45) is 7.94. The van der Waals surface area contributed by atoms with E-state index in [0.29, 0.717) is 29.8 Å². The molecule has 0 N–H and O–H groups in total. The van der Waals surface area contributed by atoms with Crippen LogP contribution in [0, 0.1) is 11.3 Å². The van der Waals surface area contributed by atoms with Crippen LogP contribution in [0.1, 0.15) is 44.7 Å². The van der Waals surface area contributed by atoms with Gasteiger partial charge in [-0.05, 0) is 34.8 Å². The number of benzene rings is 4. The average Bonchev–Trinajstić information content (AvgIpc) is 3.73. The van der Waals surface area contributed by atoms with Gasteiger partial charge in [0.2, 0.25) is 5.78 Å². The Morgan fingerprint density at radius 1 is 0.791 bits per heavy atom. The fourth-order valence-electron chi connectivity index (χ4n) is 6.18. The van der Waals surface area contributed by atoms with Gasteiger partial charge >= 0.3 is 0 Å². The molecule has 0 aliphatic carbocycles. The van der Waals surface area contributed by atoms with Gasteiger partial charge in [0.25, 0.3) is 0 Å². The number of hydrogen-bond donors (Lipinski definition) is 0. The fourth-order valence-corrected chi connectivity index (χ4v) is 6.18. The summed E-state index contributed by atoms with van der Waals surface area (Å²) in [7, 11) is 0. The normalized spacial score (nSPS) is 13.9. The molecule has 0 bridgehead atoms. The maximum Gasteiger partial charge on any atom is 0.208 e. The van der Waals surface area contributed by atoms with Crippen molar-refractivity contribution < 1.29 is 4.79 Å². The lowest BCUT2D eigenvalue weighted by molar-refractivity contribution is 0.101. The Morgan fingerprint density at radius 2 is 1.37 bits per heavy atom. The number of nitrogens with zero attached hydrogens (tertiary/aromatic N) is 5. The van der Waals surface area contributed by atoms with Crippen molar-refractivity contribution in [2.45, 2.75) is 18.5 Å². The summed E-state index contributed by atoms with van der Waals surface area (Å²) in [5, 5.41) is 13.7. The molecule has 0 atom stereocenters. The molecule has 7 rings (SSSR count). The highest BCUT2D eigenvalue weighted by molar-refractivity contribution is 6.12. The van der Waals surface area contributed by atoms with E-state index >= 15 is 0 Å². The topological polar surface area (TPSA) is 76.5 Å². The van der Waals surface area contributed by atoms with Crippen molar-refractivity contribution in [2.24, 2.45) is 0 Å². The van der Waals surface area contributed by atoms with Gasteiger partial charge in [0.15, 0.2) is 0 Å². The van der Waals surface area contributed by atoms with Crippen molar-refractivity contribution in [3.63, 3.8) is 0 Å². The molecular formula is C37H27N5O. The van der Waals surface area contributed by atoms with Crippen LogP contribution in [0.2, 0.25) is 0 Å². The number of nitriles is 1. The van der Waals surface area contributed by atoms with Gasteiger partial charge in [-0.2, -0.15) is 10.4 Å². The van der Waals surface area contributed by atoms with Crippen molar-refractivity contribution in [1.82, 2.24) is 19.3 Å². The van der Waals surface area contributed by atoms with Gasteiger partial charge in [0.1, 0.15) is 22.9 Å². The van der Waals surface area contributed by atoms with Gasteiger partial charge in [0.05, 0.1) is 18.2 Å². The first-order chi connectivity index (χ1) is 21.2. The van der Waals surface area contributed by atoms with E-state index in [2.05, 4.69) is 94.7 Å². The zero-order valence-electron chi connectivity index (χ0n) is 23.3. The number of carbonyl (C=O) groups excluding carboxylic acids is 1. The van der Waals surface area contributed by atoms with Crippen molar-refractivity contribution in [3.05, 3.63) is 173 Å². The number of carbonyl (C=O) groups is 1. The van der Waals surface area contributed by atoms with Crippen LogP contribution in [-0.2, 0) is 12.1 Å². The average molecular weight is 558 g/mol. The smallest absolute Gasteiger partial charge is 0.208 e. The van der Waals surface area contributed by atoms with Crippen molar-refractivity contribution in [3.8, 4) is 17.3 Å². The van der Waals surface area contributed by atoms with Crippen LogP contribution in [0.4, 0.5) is 0 Å². The van der Waals surface area contributed by atoms with Crippen molar-refractivity contribution in [1.29, 1.82) is 5.26 Å². The molecule has 6 nitrogen and oxygen atoms in total. The Kier molecular flexibility index (Phi) is 6.61. The second-order valence-electron chi connectivity index (χ2n) is 10.6. The second-order valence-corrected chi connectivity index (χ2v) is 10.6. The molecule has 0 saturated heterocycles. The van der Waals surface area contributed by atoms with Crippen LogP contribution in [-0.4, -0.2) is 25.1 Å². The molecule has 206 valence electrons. The molecule has 1 aliphatic rings. The lowest BCUT2D eigenvalue weighted by atomic mass is 9.77. The van der Waals surface area contributed by atoms with Crippen LogP contribution in [0.5, 0.6) is 0 Å². The summed E-state index contributed by atoms with van der Waals surface area (Å²) in [4.78, 5) is 18.4. The van der Waals surface area contributed by atoms with E-state index in [-0.39, 0.29) is 5.78 Å².